The van der Waals surface area contributed by atoms with Crippen LogP contribution in [0.25, 0.3) is 0 Å². The number of hydrogen-bond acceptors (Lipinski definition) is 7. The molecule has 260 valence electrons. The molecule has 8 nitrogen and oxygen atoms in total. The molecule has 0 saturated carbocycles. The molecular formula is C35H67O8P. The Morgan fingerprint density at radius 1 is 0.591 bits per heavy atom. The largest absolute Gasteiger partial charge is 0.472 e. The van der Waals surface area contributed by atoms with Gasteiger partial charge in [-0.15, -0.1) is 0 Å². The van der Waals surface area contributed by atoms with Gasteiger partial charge in [0.2, 0.25) is 0 Å². The fraction of sp³-hybridized carbons (Fsp3) is 0.886. The summed E-state index contributed by atoms with van der Waals surface area (Å²) in [7, 11) is -4.27. The quantitative estimate of drug-likeness (QED) is 0.0325. The van der Waals surface area contributed by atoms with Crippen molar-refractivity contribution in [2.75, 3.05) is 19.8 Å². The van der Waals surface area contributed by atoms with Crippen LogP contribution in [-0.2, 0) is 32.7 Å². The highest BCUT2D eigenvalue weighted by atomic mass is 31.2. The van der Waals surface area contributed by atoms with Crippen molar-refractivity contribution < 1.29 is 37.6 Å². The lowest BCUT2D eigenvalue weighted by Crippen LogP contribution is -2.29. The maximum Gasteiger partial charge on any atom is 0.472 e. The number of rotatable bonds is 33. The molecule has 0 spiro atoms. The van der Waals surface area contributed by atoms with Gasteiger partial charge in [0.25, 0.3) is 0 Å². The predicted molar refractivity (Wildman–Crippen MR) is 180 cm³/mol. The molecule has 0 saturated heterocycles. The van der Waals surface area contributed by atoms with Crippen molar-refractivity contribution in [3.05, 3.63) is 12.2 Å². The molecule has 0 bridgehead atoms. The number of phosphoric acid groups is 1. The van der Waals surface area contributed by atoms with Crippen LogP contribution >= 0.6 is 7.82 Å². The fourth-order valence-corrected chi connectivity index (χ4v) is 5.67. The lowest BCUT2D eigenvalue weighted by molar-refractivity contribution is -0.161. The summed E-state index contributed by atoms with van der Waals surface area (Å²) in [4.78, 5) is 34.5. The first-order valence-corrected chi connectivity index (χ1v) is 19.5. The van der Waals surface area contributed by atoms with Gasteiger partial charge in [0.1, 0.15) is 6.61 Å². The van der Waals surface area contributed by atoms with E-state index < -0.39 is 26.5 Å². The summed E-state index contributed by atoms with van der Waals surface area (Å²) in [6.07, 6.45) is 29.7. The van der Waals surface area contributed by atoms with Gasteiger partial charge in [-0.2, -0.15) is 0 Å². The monoisotopic (exact) mass is 646 g/mol. The van der Waals surface area contributed by atoms with Crippen molar-refractivity contribution in [3.63, 3.8) is 0 Å². The van der Waals surface area contributed by atoms with E-state index >= 15 is 0 Å². The number of esters is 2. The van der Waals surface area contributed by atoms with Gasteiger partial charge in [0.05, 0.1) is 13.2 Å². The third-order valence-corrected chi connectivity index (χ3v) is 8.63. The lowest BCUT2D eigenvalue weighted by Gasteiger charge is -2.19. The highest BCUT2D eigenvalue weighted by Gasteiger charge is 2.25. The van der Waals surface area contributed by atoms with Crippen molar-refractivity contribution >= 4 is 19.8 Å². The van der Waals surface area contributed by atoms with E-state index in [1.54, 1.807) is 6.92 Å². The van der Waals surface area contributed by atoms with Crippen LogP contribution < -0.4 is 0 Å². The van der Waals surface area contributed by atoms with Gasteiger partial charge in [0, 0.05) is 12.8 Å². The van der Waals surface area contributed by atoms with Crippen LogP contribution in [0.15, 0.2) is 12.2 Å². The molecule has 44 heavy (non-hydrogen) atoms. The SMILES string of the molecule is CCCCC/C=C\CCCCCCCC(=O)OC(COC(=O)CCCCCCCCCCCCCC)COP(=O)(O)OCC. The van der Waals surface area contributed by atoms with Crippen LogP contribution in [0.2, 0.25) is 0 Å². The topological polar surface area (TPSA) is 108 Å². The molecule has 0 aromatic carbocycles. The van der Waals surface area contributed by atoms with Gasteiger partial charge in [-0.1, -0.05) is 129 Å². The first-order valence-electron chi connectivity index (χ1n) is 18.0. The van der Waals surface area contributed by atoms with E-state index in [-0.39, 0.29) is 25.6 Å². The van der Waals surface area contributed by atoms with Crippen molar-refractivity contribution in [1.29, 1.82) is 0 Å². The molecule has 2 atom stereocenters. The molecule has 2 unspecified atom stereocenters. The first-order chi connectivity index (χ1) is 21.3. The Kier molecular flexibility index (Phi) is 30.9. The maximum atomic E-state index is 12.4. The summed E-state index contributed by atoms with van der Waals surface area (Å²) in [5, 5.41) is 0. The Hall–Kier alpha value is -1.21. The molecule has 0 aliphatic rings. The second kappa shape index (κ2) is 31.8. The van der Waals surface area contributed by atoms with E-state index in [1.807, 2.05) is 0 Å². The number of allylic oxidation sites excluding steroid dienone is 2. The third kappa shape index (κ3) is 30.8. The van der Waals surface area contributed by atoms with Crippen LogP contribution in [0.4, 0.5) is 0 Å². The minimum absolute atomic E-state index is 0.00150. The Morgan fingerprint density at radius 3 is 1.55 bits per heavy atom. The summed E-state index contributed by atoms with van der Waals surface area (Å²) >= 11 is 0. The average molecular weight is 647 g/mol. The van der Waals surface area contributed by atoms with Crippen LogP contribution in [0.5, 0.6) is 0 Å². The molecule has 0 heterocycles. The van der Waals surface area contributed by atoms with Crippen molar-refractivity contribution in [1.82, 2.24) is 0 Å². The zero-order valence-electron chi connectivity index (χ0n) is 28.6. The Bertz CT molecular complexity index is 742. The number of phosphoric ester groups is 1. The maximum absolute atomic E-state index is 12.4. The number of hydrogen-bond donors (Lipinski definition) is 1. The lowest BCUT2D eigenvalue weighted by atomic mass is 10.0. The number of ether oxygens (including phenoxy) is 2. The van der Waals surface area contributed by atoms with Gasteiger partial charge in [-0.3, -0.25) is 18.6 Å². The minimum atomic E-state index is -4.27. The standard InChI is InChI=1S/C35H67O8P/c1-4-7-9-11-13-15-17-19-21-23-25-27-29-34(36)40-31-33(32-42-44(38,39)41-6-3)43-35(37)30-28-26-24-22-20-18-16-14-12-10-8-5-2/h14,16,33H,4-13,15,17-32H2,1-3H3,(H,38,39)/b16-14-. The van der Waals surface area contributed by atoms with Crippen LogP contribution in [0.3, 0.4) is 0 Å². The average Bonchev–Trinajstić information content (AvgIpc) is 2.99. The van der Waals surface area contributed by atoms with E-state index in [9.17, 15) is 19.0 Å². The van der Waals surface area contributed by atoms with E-state index in [4.69, 9.17) is 18.5 Å². The minimum Gasteiger partial charge on any atom is -0.462 e. The second-order valence-electron chi connectivity index (χ2n) is 11.9. The molecule has 0 aliphatic carbocycles. The van der Waals surface area contributed by atoms with Crippen LogP contribution in [-0.4, -0.2) is 42.8 Å². The highest BCUT2D eigenvalue weighted by Crippen LogP contribution is 2.43. The van der Waals surface area contributed by atoms with Crippen molar-refractivity contribution in [3.8, 4) is 0 Å². The molecule has 0 radical (unpaired) electrons. The van der Waals surface area contributed by atoms with E-state index in [0.29, 0.717) is 12.8 Å². The first kappa shape index (κ1) is 42.8. The van der Waals surface area contributed by atoms with Crippen molar-refractivity contribution in [2.24, 2.45) is 0 Å². The van der Waals surface area contributed by atoms with Gasteiger partial charge in [0.15, 0.2) is 6.10 Å². The summed E-state index contributed by atoms with van der Waals surface area (Å²) < 4.78 is 32.4. The number of unbranched alkanes of at least 4 members (excludes halogenated alkanes) is 19. The smallest absolute Gasteiger partial charge is 0.462 e. The van der Waals surface area contributed by atoms with Gasteiger partial charge < -0.3 is 14.4 Å². The predicted octanol–water partition coefficient (Wildman–Crippen LogP) is 10.6. The van der Waals surface area contributed by atoms with Gasteiger partial charge in [-0.25, -0.2) is 4.57 Å². The number of carbonyl (C=O) groups is 2. The normalized spacial score (nSPS) is 13.6. The van der Waals surface area contributed by atoms with Gasteiger partial charge in [-0.05, 0) is 45.4 Å². The van der Waals surface area contributed by atoms with Crippen LogP contribution in [0.1, 0.15) is 175 Å². The van der Waals surface area contributed by atoms with Gasteiger partial charge >= 0.3 is 19.8 Å². The second-order valence-corrected chi connectivity index (χ2v) is 13.3. The van der Waals surface area contributed by atoms with E-state index in [1.165, 1.54) is 83.5 Å². The zero-order chi connectivity index (χ0) is 32.6. The molecule has 0 aliphatic heterocycles. The Balaban J connectivity index is 4.18. The molecule has 9 heteroatoms. The highest BCUT2D eigenvalue weighted by molar-refractivity contribution is 7.47. The molecule has 0 amide bonds. The zero-order valence-corrected chi connectivity index (χ0v) is 29.5. The summed E-state index contributed by atoms with van der Waals surface area (Å²) in [5.74, 6) is -0.805. The summed E-state index contributed by atoms with van der Waals surface area (Å²) in [6, 6.07) is 0. The van der Waals surface area contributed by atoms with E-state index in [0.717, 1.165) is 51.4 Å². The Morgan fingerprint density at radius 2 is 1.02 bits per heavy atom. The molecule has 0 fully saturated rings. The van der Waals surface area contributed by atoms with Crippen LogP contribution in [0, 0.1) is 0 Å². The summed E-state index contributed by atoms with van der Waals surface area (Å²) in [5.41, 5.74) is 0. The molecule has 0 aromatic heterocycles. The molecule has 0 aromatic rings. The number of carbonyl (C=O) groups excluding carboxylic acids is 2. The Labute approximate surface area is 270 Å². The third-order valence-electron chi connectivity index (χ3n) is 7.57. The van der Waals surface area contributed by atoms with E-state index in [2.05, 4.69) is 26.0 Å². The molecule has 1 N–H and O–H groups in total. The molecular weight excluding hydrogens is 579 g/mol. The summed E-state index contributed by atoms with van der Waals surface area (Å²) in [6.45, 7) is 5.42. The fourth-order valence-electron chi connectivity index (χ4n) is 4.92. The molecule has 0 rings (SSSR count). The van der Waals surface area contributed by atoms with Crippen molar-refractivity contribution in [2.45, 2.75) is 181 Å².